The summed E-state index contributed by atoms with van der Waals surface area (Å²) in [5.41, 5.74) is 0. The standard InChI is InChI=1S/C38H55N7O14/c1-8-11-23(32(52)37(57)39-19-29(51)59-18-9-2)41-35(55)26-12-10-17-45(26)38(58)31(21(5)6)44-36(56)30(20(3)4)43-34(54)25(14-16-28(49)50)42-33(53)24(40-22(7)46)13-15-27(47)48/h1,9,20-21,23-26,30-31H,2,10-19H2,3-7H3,(H,39,57)(H,40,46)(H,41,55)(H,42,53)(H,43,54)(H,44,56)(H,47,48)(H,49,50). The number of hydrogen-bond donors (Lipinski definition) is 8. The Kier molecular flexibility index (Phi) is 21.6. The zero-order valence-electron chi connectivity index (χ0n) is 33.8. The summed E-state index contributed by atoms with van der Waals surface area (Å²) in [6.45, 7) is 10.2. The van der Waals surface area contributed by atoms with E-state index >= 15 is 0 Å². The number of carboxylic acids is 2. The molecule has 8 N–H and O–H groups in total. The second-order valence-electron chi connectivity index (χ2n) is 14.3. The molecule has 326 valence electrons. The lowest BCUT2D eigenvalue weighted by molar-refractivity contribution is -0.145. The highest BCUT2D eigenvalue weighted by atomic mass is 16.5. The third kappa shape index (κ3) is 17.4. The Morgan fingerprint density at radius 2 is 1.34 bits per heavy atom. The van der Waals surface area contributed by atoms with Crippen molar-refractivity contribution in [1.82, 2.24) is 36.8 Å². The van der Waals surface area contributed by atoms with Gasteiger partial charge in [0.25, 0.3) is 5.91 Å². The van der Waals surface area contributed by atoms with Gasteiger partial charge in [0, 0.05) is 32.7 Å². The first kappa shape index (κ1) is 50.7. The van der Waals surface area contributed by atoms with Crippen LogP contribution in [-0.4, -0.2) is 136 Å². The van der Waals surface area contributed by atoms with Crippen molar-refractivity contribution >= 4 is 65.0 Å². The molecule has 6 unspecified atom stereocenters. The molecule has 59 heavy (non-hydrogen) atoms. The number of nitrogens with one attached hydrogen (secondary N) is 6. The van der Waals surface area contributed by atoms with Crippen LogP contribution in [-0.2, 0) is 57.5 Å². The van der Waals surface area contributed by atoms with Gasteiger partial charge in [-0.25, -0.2) is 0 Å². The van der Waals surface area contributed by atoms with Crippen LogP contribution in [0.2, 0.25) is 0 Å². The monoisotopic (exact) mass is 833 g/mol. The Labute approximate surface area is 341 Å². The van der Waals surface area contributed by atoms with Gasteiger partial charge in [-0.3, -0.25) is 52.7 Å². The van der Waals surface area contributed by atoms with E-state index in [4.69, 9.17) is 16.3 Å². The molecule has 1 aliphatic heterocycles. The van der Waals surface area contributed by atoms with Crippen LogP contribution in [0.25, 0.3) is 0 Å². The summed E-state index contributed by atoms with van der Waals surface area (Å²) in [5.74, 6) is -9.69. The van der Waals surface area contributed by atoms with Crippen LogP contribution in [0.4, 0.5) is 0 Å². The average molecular weight is 834 g/mol. The second-order valence-corrected chi connectivity index (χ2v) is 14.3. The van der Waals surface area contributed by atoms with Crippen molar-refractivity contribution in [2.45, 2.75) is 116 Å². The van der Waals surface area contributed by atoms with Gasteiger partial charge in [0.15, 0.2) is 0 Å². The van der Waals surface area contributed by atoms with Crippen molar-refractivity contribution in [2.24, 2.45) is 11.8 Å². The Morgan fingerprint density at radius 1 is 0.797 bits per heavy atom. The van der Waals surface area contributed by atoms with Gasteiger partial charge in [0.05, 0.1) is 0 Å². The van der Waals surface area contributed by atoms with Gasteiger partial charge in [-0.05, 0) is 37.5 Å². The van der Waals surface area contributed by atoms with Crippen molar-refractivity contribution in [3.05, 3.63) is 12.7 Å². The summed E-state index contributed by atoms with van der Waals surface area (Å²) in [5, 5.41) is 32.6. The van der Waals surface area contributed by atoms with Crippen LogP contribution >= 0.6 is 0 Å². The molecule has 1 aliphatic rings. The maximum atomic E-state index is 14.0. The fraction of sp³-hybridized carbons (Fsp3) is 0.605. The number of Topliss-reactive ketones (excluding diaryl/α,β-unsaturated/α-hetero) is 1. The number of ketones is 1. The van der Waals surface area contributed by atoms with Gasteiger partial charge in [-0.2, -0.15) is 0 Å². The highest BCUT2D eigenvalue weighted by Crippen LogP contribution is 2.21. The van der Waals surface area contributed by atoms with Crippen LogP contribution in [0.3, 0.4) is 0 Å². The summed E-state index contributed by atoms with van der Waals surface area (Å²) in [4.78, 5) is 140. The first-order valence-corrected chi connectivity index (χ1v) is 18.9. The van der Waals surface area contributed by atoms with Crippen LogP contribution in [0.1, 0.15) is 79.6 Å². The summed E-state index contributed by atoms with van der Waals surface area (Å²) < 4.78 is 4.74. The number of likely N-dealkylation sites (tertiary alicyclic amines) is 1. The molecule has 0 aromatic rings. The summed E-state index contributed by atoms with van der Waals surface area (Å²) >= 11 is 0. The van der Waals surface area contributed by atoms with Gasteiger partial charge in [-0.15, -0.1) is 12.3 Å². The van der Waals surface area contributed by atoms with Crippen molar-refractivity contribution in [3.63, 3.8) is 0 Å². The number of carbonyl (C=O) groups excluding carboxylic acids is 9. The van der Waals surface area contributed by atoms with Crippen molar-refractivity contribution in [2.75, 3.05) is 19.7 Å². The number of carbonyl (C=O) groups is 11. The van der Waals surface area contributed by atoms with E-state index in [1.807, 2.05) is 0 Å². The quantitative estimate of drug-likeness (QED) is 0.0212. The number of esters is 1. The zero-order valence-corrected chi connectivity index (χ0v) is 33.8. The molecule has 0 spiro atoms. The minimum Gasteiger partial charge on any atom is -0.481 e. The summed E-state index contributed by atoms with van der Waals surface area (Å²) in [6, 6.07) is -8.16. The predicted octanol–water partition coefficient (Wildman–Crippen LogP) is -2.10. The first-order chi connectivity index (χ1) is 27.6. The summed E-state index contributed by atoms with van der Waals surface area (Å²) in [7, 11) is 0. The lowest BCUT2D eigenvalue weighted by Gasteiger charge is -2.33. The lowest BCUT2D eigenvalue weighted by Crippen LogP contribution is -2.61. The van der Waals surface area contributed by atoms with E-state index in [0.29, 0.717) is 6.42 Å². The second kappa shape index (κ2) is 25.1. The van der Waals surface area contributed by atoms with E-state index < -0.39 is 145 Å². The Balaban J connectivity index is 3.20. The molecule has 1 heterocycles. The third-order valence-electron chi connectivity index (χ3n) is 8.87. The minimum atomic E-state index is -1.55. The molecule has 1 fully saturated rings. The van der Waals surface area contributed by atoms with Crippen LogP contribution < -0.4 is 31.9 Å². The molecular formula is C38H55N7O14. The molecule has 7 amide bonds. The number of hydrogen-bond acceptors (Lipinski definition) is 12. The van der Waals surface area contributed by atoms with E-state index in [0.717, 1.165) is 6.92 Å². The van der Waals surface area contributed by atoms with Gasteiger partial charge in [0.2, 0.25) is 41.2 Å². The topological polar surface area (TPSA) is 313 Å². The smallest absolute Gasteiger partial charge is 0.325 e. The molecule has 1 rings (SSSR count). The van der Waals surface area contributed by atoms with E-state index in [1.54, 1.807) is 27.7 Å². The predicted molar refractivity (Wildman–Crippen MR) is 206 cm³/mol. The molecule has 0 radical (unpaired) electrons. The molecule has 21 heteroatoms. The zero-order chi connectivity index (χ0) is 45.0. The largest absolute Gasteiger partial charge is 0.481 e. The van der Waals surface area contributed by atoms with Crippen LogP contribution in [0, 0.1) is 24.2 Å². The Bertz CT molecular complexity index is 1660. The van der Waals surface area contributed by atoms with Crippen LogP contribution in [0.15, 0.2) is 12.7 Å². The summed E-state index contributed by atoms with van der Waals surface area (Å²) in [6.07, 6.45) is 4.91. The van der Waals surface area contributed by atoms with Crippen molar-refractivity contribution in [1.29, 1.82) is 0 Å². The molecule has 0 saturated carbocycles. The number of rotatable bonds is 25. The fourth-order valence-corrected chi connectivity index (χ4v) is 5.81. The molecule has 0 aliphatic carbocycles. The number of amides is 7. The highest BCUT2D eigenvalue weighted by molar-refractivity contribution is 6.38. The van der Waals surface area contributed by atoms with Crippen molar-refractivity contribution < 1.29 is 67.7 Å². The normalized spacial score (nSPS) is 15.8. The average Bonchev–Trinajstić information content (AvgIpc) is 3.66. The molecule has 0 bridgehead atoms. The molecule has 21 nitrogen and oxygen atoms in total. The third-order valence-corrected chi connectivity index (χ3v) is 8.87. The SMILES string of the molecule is C#CCC(NC(=O)C1CCCN1C(=O)C(NC(=O)C(NC(=O)C(CCC(=O)O)NC(=O)C(CCC(=O)O)NC(C)=O)C(C)C)C(C)C)C(=O)C(=O)NCC(=O)OCC=C. The molecular weight excluding hydrogens is 778 g/mol. The van der Waals surface area contributed by atoms with E-state index in [1.165, 1.54) is 11.0 Å². The highest BCUT2D eigenvalue weighted by Gasteiger charge is 2.41. The van der Waals surface area contributed by atoms with Gasteiger partial charge < -0.3 is 51.8 Å². The fourth-order valence-electron chi connectivity index (χ4n) is 5.81. The van der Waals surface area contributed by atoms with E-state index in [2.05, 4.69) is 44.4 Å². The number of aliphatic carboxylic acids is 2. The van der Waals surface area contributed by atoms with E-state index in [-0.39, 0.29) is 26.0 Å². The maximum Gasteiger partial charge on any atom is 0.325 e. The molecule has 1 saturated heterocycles. The van der Waals surface area contributed by atoms with Gasteiger partial charge in [-0.1, -0.05) is 40.3 Å². The number of carboxylic acid groups (broad SMARTS) is 2. The number of ether oxygens (including phenoxy) is 1. The Hall–Kier alpha value is -6.33. The van der Waals surface area contributed by atoms with Crippen molar-refractivity contribution in [3.8, 4) is 12.3 Å². The molecule has 0 aromatic heterocycles. The van der Waals surface area contributed by atoms with Crippen LogP contribution in [0.5, 0.6) is 0 Å². The maximum absolute atomic E-state index is 14.0. The number of terminal acetylenes is 1. The lowest BCUT2D eigenvalue weighted by atomic mass is 9.98. The molecule has 0 aromatic carbocycles. The molecule has 6 atom stereocenters. The van der Waals surface area contributed by atoms with Gasteiger partial charge in [0.1, 0.15) is 49.4 Å². The first-order valence-electron chi connectivity index (χ1n) is 18.9. The van der Waals surface area contributed by atoms with E-state index in [9.17, 15) is 57.8 Å². The Morgan fingerprint density at radius 3 is 1.85 bits per heavy atom. The van der Waals surface area contributed by atoms with Gasteiger partial charge >= 0.3 is 17.9 Å². The minimum absolute atomic E-state index is 0.0817. The number of nitrogens with zero attached hydrogens (tertiary/aromatic N) is 1.